The first kappa shape index (κ1) is 21.1. The van der Waals surface area contributed by atoms with Crippen LogP contribution in [0.15, 0.2) is 100 Å². The molecule has 0 aliphatic rings. The molecule has 1 N–H and O–H groups in total. The fourth-order valence-corrected chi connectivity index (χ4v) is 4.38. The number of hydrogen-bond donors (Lipinski definition) is 1. The Kier molecular flexibility index (Phi) is 6.96. The normalized spacial score (nSPS) is 10.6. The van der Waals surface area contributed by atoms with Gasteiger partial charge in [0.05, 0.1) is 16.8 Å². The average Bonchev–Trinajstić information content (AvgIpc) is 2.81. The Hall–Kier alpha value is -3.16. The molecule has 2 aromatic carbocycles. The van der Waals surface area contributed by atoms with Crippen LogP contribution in [-0.2, 0) is 5.75 Å². The van der Waals surface area contributed by atoms with Crippen LogP contribution in [0.5, 0.6) is 0 Å². The van der Waals surface area contributed by atoms with Gasteiger partial charge in [-0.3, -0.25) is 9.78 Å². The molecule has 0 saturated carbocycles. The smallest absolute Gasteiger partial charge is 0.275 e. The van der Waals surface area contributed by atoms with Crippen molar-refractivity contribution in [2.75, 3.05) is 5.32 Å². The Morgan fingerprint density at radius 3 is 2.52 bits per heavy atom. The summed E-state index contributed by atoms with van der Waals surface area (Å²) in [6.07, 6.45) is 5.00. The van der Waals surface area contributed by atoms with Gasteiger partial charge in [-0.05, 0) is 36.8 Å². The Balaban J connectivity index is 1.59. The van der Waals surface area contributed by atoms with Crippen molar-refractivity contribution in [2.45, 2.75) is 27.6 Å². The summed E-state index contributed by atoms with van der Waals surface area (Å²) in [5, 5.41) is 3.44. The fourth-order valence-electron chi connectivity index (χ4n) is 2.74. The number of nitrogens with zero attached hydrogens (tertiary/aromatic N) is 3. The van der Waals surface area contributed by atoms with E-state index in [2.05, 4.69) is 32.4 Å². The van der Waals surface area contributed by atoms with Crippen LogP contribution in [0.25, 0.3) is 0 Å². The lowest BCUT2D eigenvalue weighted by Gasteiger charge is -2.11. The first-order valence-electron chi connectivity index (χ1n) is 9.67. The van der Waals surface area contributed by atoms with Gasteiger partial charge in [-0.25, -0.2) is 9.97 Å². The molecule has 0 radical (unpaired) electrons. The zero-order chi connectivity index (χ0) is 21.5. The van der Waals surface area contributed by atoms with Crippen LogP contribution >= 0.6 is 23.5 Å². The molecule has 1 amide bonds. The third kappa shape index (κ3) is 5.93. The van der Waals surface area contributed by atoms with Crippen molar-refractivity contribution in [3.8, 4) is 0 Å². The molecular weight excluding hydrogens is 424 g/mol. The third-order valence-electron chi connectivity index (χ3n) is 4.33. The van der Waals surface area contributed by atoms with E-state index in [1.54, 1.807) is 30.7 Å². The highest BCUT2D eigenvalue weighted by Gasteiger charge is 2.17. The molecule has 5 nitrogen and oxygen atoms in total. The molecule has 0 unspecified atom stereocenters. The summed E-state index contributed by atoms with van der Waals surface area (Å²) >= 11 is 2.98. The highest BCUT2D eigenvalue weighted by Crippen LogP contribution is 2.31. The largest absolute Gasteiger partial charge is 0.319 e. The number of carbonyl (C=O) groups is 1. The van der Waals surface area contributed by atoms with Gasteiger partial charge in [-0.15, -0.1) is 0 Å². The van der Waals surface area contributed by atoms with Crippen molar-refractivity contribution < 1.29 is 4.79 Å². The van der Waals surface area contributed by atoms with Crippen LogP contribution in [0.2, 0.25) is 0 Å². The summed E-state index contributed by atoms with van der Waals surface area (Å²) in [5.41, 5.74) is 3.33. The van der Waals surface area contributed by atoms with E-state index >= 15 is 0 Å². The zero-order valence-corrected chi connectivity index (χ0v) is 18.5. The van der Waals surface area contributed by atoms with Gasteiger partial charge in [0.1, 0.15) is 5.69 Å². The molecule has 0 aliphatic carbocycles. The summed E-state index contributed by atoms with van der Waals surface area (Å²) in [5.74, 6) is 0.446. The van der Waals surface area contributed by atoms with Crippen LogP contribution in [0.3, 0.4) is 0 Å². The minimum Gasteiger partial charge on any atom is -0.319 e. The minimum absolute atomic E-state index is 0.286. The second-order valence-electron chi connectivity index (χ2n) is 6.75. The molecule has 2 aromatic heterocycles. The molecule has 2 heterocycles. The Morgan fingerprint density at radius 2 is 1.77 bits per heavy atom. The molecule has 0 saturated heterocycles. The zero-order valence-electron chi connectivity index (χ0n) is 16.9. The average molecular weight is 445 g/mol. The van der Waals surface area contributed by atoms with Crippen LogP contribution in [0.1, 0.15) is 21.6 Å². The highest BCUT2D eigenvalue weighted by atomic mass is 32.2. The molecule has 0 atom stereocenters. The maximum atomic E-state index is 13.1. The van der Waals surface area contributed by atoms with Gasteiger partial charge in [0, 0.05) is 23.0 Å². The van der Waals surface area contributed by atoms with Crippen molar-refractivity contribution in [3.05, 3.63) is 102 Å². The Morgan fingerprint density at radius 1 is 0.968 bits per heavy atom. The first-order valence-corrected chi connectivity index (χ1v) is 11.5. The van der Waals surface area contributed by atoms with E-state index in [1.807, 2.05) is 49.4 Å². The first-order chi connectivity index (χ1) is 15.2. The van der Waals surface area contributed by atoms with Crippen molar-refractivity contribution >= 4 is 35.1 Å². The van der Waals surface area contributed by atoms with Crippen molar-refractivity contribution in [1.29, 1.82) is 0 Å². The molecule has 7 heteroatoms. The number of nitrogens with one attached hydrogen (secondary N) is 1. The number of pyridine rings is 1. The number of rotatable bonds is 7. The van der Waals surface area contributed by atoms with Crippen molar-refractivity contribution in [3.63, 3.8) is 0 Å². The van der Waals surface area contributed by atoms with E-state index in [4.69, 9.17) is 0 Å². The van der Waals surface area contributed by atoms with Gasteiger partial charge in [-0.2, -0.15) is 0 Å². The molecule has 0 spiro atoms. The van der Waals surface area contributed by atoms with E-state index in [0.717, 1.165) is 10.6 Å². The van der Waals surface area contributed by atoms with E-state index < -0.39 is 0 Å². The van der Waals surface area contributed by atoms with E-state index in [0.29, 0.717) is 21.4 Å². The molecule has 31 heavy (non-hydrogen) atoms. The maximum absolute atomic E-state index is 13.1. The number of benzene rings is 2. The summed E-state index contributed by atoms with van der Waals surface area (Å²) in [6.45, 7) is 2.04. The molecule has 4 aromatic rings. The lowest BCUT2D eigenvalue weighted by molar-refractivity contribution is 0.101. The molecule has 0 bridgehead atoms. The minimum atomic E-state index is -0.286. The number of anilines is 1. The standard InChI is InChI=1S/C24H20N4OS2/c1-17-9-11-20(12-10-17)31-21-15-26-24(30-16-18-6-3-2-4-7-18)28-22(21)23(29)27-19-8-5-13-25-14-19/h2-15H,16H2,1H3,(H,27,29). The van der Waals surface area contributed by atoms with Crippen LogP contribution in [0.4, 0.5) is 5.69 Å². The van der Waals surface area contributed by atoms with Crippen LogP contribution in [-0.4, -0.2) is 20.9 Å². The number of aryl methyl sites for hydroxylation is 1. The predicted molar refractivity (Wildman–Crippen MR) is 126 cm³/mol. The van der Waals surface area contributed by atoms with E-state index in [1.165, 1.54) is 34.7 Å². The van der Waals surface area contributed by atoms with Crippen LogP contribution < -0.4 is 5.32 Å². The summed E-state index contributed by atoms with van der Waals surface area (Å²) in [4.78, 5) is 27.9. The topological polar surface area (TPSA) is 67.8 Å². The second kappa shape index (κ2) is 10.2. The van der Waals surface area contributed by atoms with Crippen molar-refractivity contribution in [2.24, 2.45) is 0 Å². The lowest BCUT2D eigenvalue weighted by Crippen LogP contribution is -2.16. The van der Waals surface area contributed by atoms with Gasteiger partial charge >= 0.3 is 0 Å². The summed E-state index contributed by atoms with van der Waals surface area (Å²) in [7, 11) is 0. The number of hydrogen-bond acceptors (Lipinski definition) is 6. The van der Waals surface area contributed by atoms with Gasteiger partial charge in [0.2, 0.25) is 0 Å². The second-order valence-corrected chi connectivity index (χ2v) is 8.81. The van der Waals surface area contributed by atoms with E-state index in [9.17, 15) is 4.79 Å². The monoisotopic (exact) mass is 444 g/mol. The van der Waals surface area contributed by atoms with Gasteiger partial charge in [-0.1, -0.05) is 71.6 Å². The Labute approximate surface area is 189 Å². The number of carbonyl (C=O) groups excluding carboxylic acids is 1. The van der Waals surface area contributed by atoms with Crippen molar-refractivity contribution in [1.82, 2.24) is 15.0 Å². The summed E-state index contributed by atoms with van der Waals surface area (Å²) < 4.78 is 0. The summed E-state index contributed by atoms with van der Waals surface area (Å²) in [6, 6.07) is 21.8. The quantitative estimate of drug-likeness (QED) is 0.284. The maximum Gasteiger partial charge on any atom is 0.275 e. The third-order valence-corrected chi connectivity index (χ3v) is 6.29. The molecule has 4 rings (SSSR count). The van der Waals surface area contributed by atoms with Gasteiger partial charge in [0.15, 0.2) is 5.16 Å². The Bertz CT molecular complexity index is 1150. The highest BCUT2D eigenvalue weighted by molar-refractivity contribution is 7.99. The molecular formula is C24H20N4OS2. The van der Waals surface area contributed by atoms with Crippen LogP contribution in [0, 0.1) is 6.92 Å². The predicted octanol–water partition coefficient (Wildman–Crippen LogP) is 5.88. The fraction of sp³-hybridized carbons (Fsp3) is 0.0833. The number of thioether (sulfide) groups is 1. The number of amides is 1. The van der Waals surface area contributed by atoms with Gasteiger partial charge < -0.3 is 5.32 Å². The molecule has 0 fully saturated rings. The SMILES string of the molecule is Cc1ccc(Sc2cnc(SCc3ccccc3)nc2C(=O)Nc2cccnc2)cc1. The molecule has 154 valence electrons. The van der Waals surface area contributed by atoms with E-state index in [-0.39, 0.29) is 5.91 Å². The number of aromatic nitrogens is 3. The molecule has 0 aliphatic heterocycles. The van der Waals surface area contributed by atoms with Gasteiger partial charge in [0.25, 0.3) is 5.91 Å². The lowest BCUT2D eigenvalue weighted by atomic mass is 10.2.